The molecular weight excluding hydrogens is 264 g/mol. The normalized spacial score (nSPS) is 25.9. The highest BCUT2D eigenvalue weighted by molar-refractivity contribution is 5.76. The van der Waals surface area contributed by atoms with E-state index in [0.717, 1.165) is 44.4 Å². The molecule has 0 bridgehead atoms. The molecule has 1 amide bonds. The standard InChI is InChI=1S/C17H20N2O2/c18-12-14-4-1-2-5-15(14)13-19-10-9-17(7-3-11-21-17)8-6-16(19)20/h1-2,4-5H,3,6-11,13H2/t17-/m0/s1. The smallest absolute Gasteiger partial charge is 0.222 e. The fourth-order valence-corrected chi connectivity index (χ4v) is 3.37. The van der Waals surface area contributed by atoms with E-state index >= 15 is 0 Å². The monoisotopic (exact) mass is 284 g/mol. The summed E-state index contributed by atoms with van der Waals surface area (Å²) in [4.78, 5) is 14.2. The molecule has 0 unspecified atom stereocenters. The number of rotatable bonds is 2. The Kier molecular flexibility index (Phi) is 3.94. The van der Waals surface area contributed by atoms with Crippen LogP contribution in [0.3, 0.4) is 0 Å². The SMILES string of the molecule is N#Cc1ccccc1CN1CC[C@]2(CCCO2)CCC1=O. The van der Waals surface area contributed by atoms with Crippen LogP contribution in [0.4, 0.5) is 0 Å². The summed E-state index contributed by atoms with van der Waals surface area (Å²) in [6, 6.07) is 9.71. The maximum Gasteiger partial charge on any atom is 0.222 e. The van der Waals surface area contributed by atoms with Gasteiger partial charge < -0.3 is 9.64 Å². The van der Waals surface area contributed by atoms with Gasteiger partial charge in [0.15, 0.2) is 0 Å². The van der Waals surface area contributed by atoms with Crippen LogP contribution in [-0.2, 0) is 16.1 Å². The van der Waals surface area contributed by atoms with Crippen LogP contribution in [0.15, 0.2) is 24.3 Å². The Balaban J connectivity index is 1.73. The second-order valence-electron chi connectivity index (χ2n) is 5.97. The summed E-state index contributed by atoms with van der Waals surface area (Å²) in [7, 11) is 0. The molecule has 1 atom stereocenters. The van der Waals surface area contributed by atoms with Gasteiger partial charge in [0.2, 0.25) is 5.91 Å². The number of hydrogen-bond acceptors (Lipinski definition) is 3. The van der Waals surface area contributed by atoms with E-state index in [1.165, 1.54) is 0 Å². The van der Waals surface area contributed by atoms with E-state index in [0.29, 0.717) is 18.5 Å². The molecule has 2 aliphatic rings. The Morgan fingerprint density at radius 2 is 2.14 bits per heavy atom. The highest BCUT2D eigenvalue weighted by Gasteiger charge is 2.38. The van der Waals surface area contributed by atoms with Gasteiger partial charge in [0.05, 0.1) is 17.2 Å². The summed E-state index contributed by atoms with van der Waals surface area (Å²) in [5.41, 5.74) is 1.51. The average molecular weight is 284 g/mol. The molecule has 0 aromatic heterocycles. The molecule has 2 saturated heterocycles. The van der Waals surface area contributed by atoms with E-state index in [-0.39, 0.29) is 11.5 Å². The molecule has 4 heteroatoms. The zero-order valence-corrected chi connectivity index (χ0v) is 12.2. The first-order valence-electron chi connectivity index (χ1n) is 7.62. The van der Waals surface area contributed by atoms with Crippen molar-refractivity contribution >= 4 is 5.91 Å². The van der Waals surface area contributed by atoms with Crippen LogP contribution in [0.25, 0.3) is 0 Å². The van der Waals surface area contributed by atoms with E-state index in [9.17, 15) is 4.79 Å². The Labute approximate surface area is 125 Å². The number of carbonyl (C=O) groups excluding carboxylic acids is 1. The molecule has 1 aromatic carbocycles. The van der Waals surface area contributed by atoms with Crippen LogP contribution in [0.1, 0.15) is 43.2 Å². The number of hydrogen-bond donors (Lipinski definition) is 0. The van der Waals surface area contributed by atoms with Crippen molar-refractivity contribution < 1.29 is 9.53 Å². The predicted octanol–water partition coefficient (Wildman–Crippen LogP) is 2.62. The van der Waals surface area contributed by atoms with Crippen molar-refractivity contribution in [2.24, 2.45) is 0 Å². The molecular formula is C17H20N2O2. The van der Waals surface area contributed by atoms with Gasteiger partial charge in [0.25, 0.3) is 0 Å². The van der Waals surface area contributed by atoms with Gasteiger partial charge in [-0.2, -0.15) is 5.26 Å². The van der Waals surface area contributed by atoms with Crippen LogP contribution >= 0.6 is 0 Å². The van der Waals surface area contributed by atoms with Crippen molar-refractivity contribution in [3.63, 3.8) is 0 Å². The topological polar surface area (TPSA) is 53.3 Å². The van der Waals surface area contributed by atoms with E-state index in [1.54, 1.807) is 6.07 Å². The van der Waals surface area contributed by atoms with E-state index in [2.05, 4.69) is 6.07 Å². The number of ether oxygens (including phenoxy) is 1. The molecule has 0 aliphatic carbocycles. The first-order valence-corrected chi connectivity index (χ1v) is 7.62. The van der Waals surface area contributed by atoms with Crippen LogP contribution in [0.5, 0.6) is 0 Å². The number of benzene rings is 1. The van der Waals surface area contributed by atoms with Crippen LogP contribution in [0, 0.1) is 11.3 Å². The van der Waals surface area contributed by atoms with Gasteiger partial charge in [-0.1, -0.05) is 18.2 Å². The Morgan fingerprint density at radius 3 is 2.90 bits per heavy atom. The van der Waals surface area contributed by atoms with Gasteiger partial charge in [0, 0.05) is 26.1 Å². The van der Waals surface area contributed by atoms with Crippen molar-refractivity contribution in [2.45, 2.75) is 44.2 Å². The van der Waals surface area contributed by atoms with Gasteiger partial charge in [-0.25, -0.2) is 0 Å². The third-order valence-corrected chi connectivity index (χ3v) is 4.67. The molecule has 2 aliphatic heterocycles. The minimum absolute atomic E-state index is 0.0703. The number of likely N-dealkylation sites (tertiary alicyclic amines) is 1. The van der Waals surface area contributed by atoms with Gasteiger partial charge in [0.1, 0.15) is 0 Å². The molecule has 0 N–H and O–H groups in total. The third-order valence-electron chi connectivity index (χ3n) is 4.67. The molecule has 2 heterocycles. The highest BCUT2D eigenvalue weighted by Crippen LogP contribution is 2.36. The lowest BCUT2D eigenvalue weighted by Gasteiger charge is -2.26. The predicted molar refractivity (Wildman–Crippen MR) is 78.3 cm³/mol. The first-order chi connectivity index (χ1) is 10.2. The van der Waals surface area contributed by atoms with E-state index < -0.39 is 0 Å². The fourth-order valence-electron chi connectivity index (χ4n) is 3.37. The van der Waals surface area contributed by atoms with E-state index in [4.69, 9.17) is 10.00 Å². The van der Waals surface area contributed by atoms with Crippen molar-refractivity contribution in [3.8, 4) is 6.07 Å². The first kappa shape index (κ1) is 14.1. The highest BCUT2D eigenvalue weighted by atomic mass is 16.5. The molecule has 21 heavy (non-hydrogen) atoms. The van der Waals surface area contributed by atoms with Crippen molar-refractivity contribution in [1.82, 2.24) is 4.90 Å². The Hall–Kier alpha value is -1.86. The van der Waals surface area contributed by atoms with Crippen molar-refractivity contribution in [3.05, 3.63) is 35.4 Å². The summed E-state index contributed by atoms with van der Waals surface area (Å²) in [6.45, 7) is 2.07. The van der Waals surface area contributed by atoms with Gasteiger partial charge >= 0.3 is 0 Å². The summed E-state index contributed by atoms with van der Waals surface area (Å²) in [6.07, 6.45) is 4.47. The lowest BCUT2D eigenvalue weighted by atomic mass is 9.92. The second-order valence-corrected chi connectivity index (χ2v) is 5.97. The maximum atomic E-state index is 12.3. The fraction of sp³-hybridized carbons (Fsp3) is 0.529. The average Bonchev–Trinajstić information content (AvgIpc) is 2.92. The molecule has 1 spiro atoms. The third kappa shape index (κ3) is 2.93. The van der Waals surface area contributed by atoms with Crippen LogP contribution < -0.4 is 0 Å². The summed E-state index contributed by atoms with van der Waals surface area (Å²) in [5.74, 6) is 0.176. The largest absolute Gasteiger partial charge is 0.375 e. The number of nitriles is 1. The van der Waals surface area contributed by atoms with Crippen molar-refractivity contribution in [2.75, 3.05) is 13.2 Å². The number of nitrogens with zero attached hydrogens (tertiary/aromatic N) is 2. The zero-order valence-electron chi connectivity index (χ0n) is 12.2. The minimum atomic E-state index is -0.0703. The lowest BCUT2D eigenvalue weighted by molar-refractivity contribution is -0.131. The Bertz CT molecular complexity index is 570. The van der Waals surface area contributed by atoms with Crippen LogP contribution in [-0.4, -0.2) is 29.6 Å². The molecule has 110 valence electrons. The zero-order chi connectivity index (χ0) is 14.7. The van der Waals surface area contributed by atoms with Crippen molar-refractivity contribution in [1.29, 1.82) is 5.26 Å². The number of amides is 1. The van der Waals surface area contributed by atoms with Gasteiger partial charge in [-0.05, 0) is 37.3 Å². The van der Waals surface area contributed by atoms with Gasteiger partial charge in [-0.3, -0.25) is 4.79 Å². The molecule has 1 aromatic rings. The molecule has 3 rings (SSSR count). The number of carbonyl (C=O) groups is 1. The molecule has 4 nitrogen and oxygen atoms in total. The maximum absolute atomic E-state index is 12.3. The molecule has 2 fully saturated rings. The summed E-state index contributed by atoms with van der Waals surface area (Å²) >= 11 is 0. The van der Waals surface area contributed by atoms with Gasteiger partial charge in [-0.15, -0.1) is 0 Å². The Morgan fingerprint density at radius 1 is 1.29 bits per heavy atom. The van der Waals surface area contributed by atoms with Crippen LogP contribution in [0.2, 0.25) is 0 Å². The summed E-state index contributed by atoms with van der Waals surface area (Å²) < 4.78 is 5.92. The second kappa shape index (κ2) is 5.87. The minimum Gasteiger partial charge on any atom is -0.375 e. The molecule has 0 saturated carbocycles. The van der Waals surface area contributed by atoms with E-state index in [1.807, 2.05) is 23.1 Å². The summed E-state index contributed by atoms with van der Waals surface area (Å²) in [5, 5.41) is 9.16. The quantitative estimate of drug-likeness (QED) is 0.839. The lowest BCUT2D eigenvalue weighted by Crippen LogP contribution is -2.32. The molecule has 0 radical (unpaired) electrons.